The van der Waals surface area contributed by atoms with Crippen LogP contribution in [0.4, 0.5) is 0 Å². The highest BCUT2D eigenvalue weighted by Gasteiger charge is 2.22. The number of rotatable bonds is 55. The lowest BCUT2D eigenvalue weighted by Gasteiger charge is -2.28. The number of carbonyl (C=O) groups is 2. The zero-order valence-corrected chi connectivity index (χ0v) is 51.2. The summed E-state index contributed by atoms with van der Waals surface area (Å²) in [7, 11) is 1.13. The maximum atomic E-state index is 12.8. The standard InChI is InChI=1S/C68H114NO8P/c1-6-8-10-12-14-16-18-20-22-24-26-28-29-30-31-32-33-34-35-36-37-38-39-41-43-45-47-49-51-53-55-57-59-61-68(71)77-66(65-76-78(72,73)75-63-62-69(3,4)5)64-74-67(70)60-58-56-54-52-50-48-46-44-42-40-27-25-23-21-19-17-15-13-11-9-7-2/h8,10,14,16,19-22,25-28,30-31,33-34,36-37,39,41,45,47,66H,6-7,9,11-13,15,17-18,23-24,29,32,35,38,40,42-44,46,48-65H2,1-5H3/b10-8-,16-14-,21-19-,22-20-,27-25-,28-26-,31-30-,34-33-,37-36-,41-39-,47-45-. The Kier molecular flexibility index (Phi) is 55.0. The smallest absolute Gasteiger partial charge is 0.306 e. The van der Waals surface area contributed by atoms with Gasteiger partial charge in [-0.3, -0.25) is 14.2 Å². The molecule has 0 saturated heterocycles. The molecular weight excluding hydrogens is 990 g/mol. The maximum Gasteiger partial charge on any atom is 0.306 e. The topological polar surface area (TPSA) is 111 Å². The van der Waals surface area contributed by atoms with Crippen LogP contribution in [0.3, 0.4) is 0 Å². The first kappa shape index (κ1) is 74.2. The van der Waals surface area contributed by atoms with E-state index in [-0.39, 0.29) is 26.1 Å². The zero-order chi connectivity index (χ0) is 57.0. The third-order valence-electron chi connectivity index (χ3n) is 12.7. The largest absolute Gasteiger partial charge is 0.756 e. The average Bonchev–Trinajstić information content (AvgIpc) is 3.41. The molecule has 0 amide bonds. The van der Waals surface area contributed by atoms with Gasteiger partial charge in [0.1, 0.15) is 19.8 Å². The van der Waals surface area contributed by atoms with Crippen LogP contribution in [-0.2, 0) is 32.7 Å². The molecule has 0 aromatic heterocycles. The highest BCUT2D eigenvalue weighted by molar-refractivity contribution is 7.45. The molecule has 2 unspecified atom stereocenters. The van der Waals surface area contributed by atoms with Crippen LogP contribution in [0.5, 0.6) is 0 Å². The van der Waals surface area contributed by atoms with Gasteiger partial charge in [0.2, 0.25) is 0 Å². The van der Waals surface area contributed by atoms with E-state index >= 15 is 0 Å². The van der Waals surface area contributed by atoms with E-state index in [2.05, 4.69) is 148 Å². The normalized spacial score (nSPS) is 14.2. The van der Waals surface area contributed by atoms with Gasteiger partial charge >= 0.3 is 11.9 Å². The van der Waals surface area contributed by atoms with Crippen LogP contribution in [-0.4, -0.2) is 70.0 Å². The van der Waals surface area contributed by atoms with Gasteiger partial charge in [0.15, 0.2) is 6.10 Å². The van der Waals surface area contributed by atoms with E-state index in [4.69, 9.17) is 18.5 Å². The fourth-order valence-corrected chi connectivity index (χ4v) is 8.64. The molecule has 444 valence electrons. The fourth-order valence-electron chi connectivity index (χ4n) is 7.91. The molecule has 0 aliphatic heterocycles. The second-order valence-corrected chi connectivity index (χ2v) is 22.7. The number of likely N-dealkylation sites (N-methyl/N-ethyl adjacent to an activating group) is 1. The number of hydrogen-bond donors (Lipinski definition) is 0. The minimum atomic E-state index is -4.65. The first-order valence-electron chi connectivity index (χ1n) is 30.9. The number of ether oxygens (including phenoxy) is 2. The molecule has 78 heavy (non-hydrogen) atoms. The number of esters is 2. The summed E-state index contributed by atoms with van der Waals surface area (Å²) in [6.07, 6.45) is 83.5. The van der Waals surface area contributed by atoms with Crippen LogP contribution in [0.25, 0.3) is 0 Å². The van der Waals surface area contributed by atoms with Crippen LogP contribution in [0.2, 0.25) is 0 Å². The Labute approximate surface area is 479 Å². The number of unbranched alkanes of at least 4 members (excludes halogenated alkanes) is 19. The lowest BCUT2D eigenvalue weighted by atomic mass is 10.1. The lowest BCUT2D eigenvalue weighted by Crippen LogP contribution is -2.37. The highest BCUT2D eigenvalue weighted by atomic mass is 31.2. The van der Waals surface area contributed by atoms with Crippen molar-refractivity contribution in [3.8, 4) is 0 Å². The quantitative estimate of drug-likeness (QED) is 0.0195. The van der Waals surface area contributed by atoms with Gasteiger partial charge in [-0.1, -0.05) is 237 Å². The van der Waals surface area contributed by atoms with E-state index in [1.54, 1.807) is 0 Å². The summed E-state index contributed by atoms with van der Waals surface area (Å²) in [5, 5.41) is 0. The van der Waals surface area contributed by atoms with Gasteiger partial charge in [0.25, 0.3) is 7.82 Å². The van der Waals surface area contributed by atoms with E-state index in [9.17, 15) is 19.0 Å². The first-order valence-corrected chi connectivity index (χ1v) is 32.4. The van der Waals surface area contributed by atoms with Gasteiger partial charge in [0, 0.05) is 12.8 Å². The summed E-state index contributed by atoms with van der Waals surface area (Å²) in [5.41, 5.74) is 0. The third-order valence-corrected chi connectivity index (χ3v) is 13.6. The molecule has 0 bridgehead atoms. The van der Waals surface area contributed by atoms with E-state index in [1.165, 1.54) is 70.6 Å². The number of nitrogens with zero attached hydrogens (tertiary/aromatic N) is 1. The van der Waals surface area contributed by atoms with Crippen molar-refractivity contribution >= 4 is 19.8 Å². The molecule has 0 aliphatic rings. The zero-order valence-electron chi connectivity index (χ0n) is 50.3. The van der Waals surface area contributed by atoms with Gasteiger partial charge in [-0.25, -0.2) is 0 Å². The summed E-state index contributed by atoms with van der Waals surface area (Å²) < 4.78 is 34.2. The first-order chi connectivity index (χ1) is 38.0. The summed E-state index contributed by atoms with van der Waals surface area (Å²) in [4.78, 5) is 37.9. The molecule has 0 saturated carbocycles. The van der Waals surface area contributed by atoms with Gasteiger partial charge in [0.05, 0.1) is 27.7 Å². The lowest BCUT2D eigenvalue weighted by molar-refractivity contribution is -0.870. The molecule has 0 heterocycles. The van der Waals surface area contributed by atoms with Crippen molar-refractivity contribution < 1.29 is 42.1 Å². The number of allylic oxidation sites excluding steroid dienone is 22. The molecule has 0 N–H and O–H groups in total. The SMILES string of the molecule is CC/C=C\C/C=C\C/C=C\C/C=C\C/C=C\C/C=C\C/C=C\C/C=C\C/C=C\CCCCCCCC(=O)OC(COC(=O)CCCCCCCCCCC/C=C\C/C=C\CCCCCCC)COP(=O)([O-])OCC[N+](C)(C)C. The molecule has 0 rings (SSSR count). The molecule has 0 spiro atoms. The Hall–Kier alpha value is -3.85. The molecule has 10 heteroatoms. The van der Waals surface area contributed by atoms with Crippen molar-refractivity contribution in [3.05, 3.63) is 134 Å². The molecular formula is C68H114NO8P. The van der Waals surface area contributed by atoms with Crippen molar-refractivity contribution in [1.29, 1.82) is 0 Å². The minimum absolute atomic E-state index is 0.0429. The number of carbonyl (C=O) groups excluding carboxylic acids is 2. The maximum absolute atomic E-state index is 12.8. The van der Waals surface area contributed by atoms with Crippen LogP contribution in [0.1, 0.15) is 232 Å². The summed E-state index contributed by atoms with van der Waals surface area (Å²) in [6, 6.07) is 0. The van der Waals surface area contributed by atoms with Crippen LogP contribution in [0.15, 0.2) is 134 Å². The van der Waals surface area contributed by atoms with Crippen LogP contribution in [0, 0.1) is 0 Å². The molecule has 9 nitrogen and oxygen atoms in total. The van der Waals surface area contributed by atoms with Gasteiger partial charge in [-0.15, -0.1) is 0 Å². The highest BCUT2D eigenvalue weighted by Crippen LogP contribution is 2.38. The Morgan fingerprint density at radius 3 is 1.09 bits per heavy atom. The van der Waals surface area contributed by atoms with Crippen molar-refractivity contribution in [2.75, 3.05) is 47.5 Å². The van der Waals surface area contributed by atoms with Gasteiger partial charge in [-0.2, -0.15) is 0 Å². The van der Waals surface area contributed by atoms with E-state index < -0.39 is 32.5 Å². The number of phosphoric ester groups is 1. The second-order valence-electron chi connectivity index (χ2n) is 21.3. The Balaban J connectivity index is 4.24. The number of quaternary nitrogens is 1. The van der Waals surface area contributed by atoms with Crippen molar-refractivity contribution in [1.82, 2.24) is 0 Å². The molecule has 0 fully saturated rings. The Bertz CT molecular complexity index is 1780. The summed E-state index contributed by atoms with van der Waals surface area (Å²) >= 11 is 0. The molecule has 0 aromatic rings. The van der Waals surface area contributed by atoms with E-state index in [0.717, 1.165) is 128 Å². The van der Waals surface area contributed by atoms with Crippen molar-refractivity contribution in [3.63, 3.8) is 0 Å². The second kappa shape index (κ2) is 57.8. The van der Waals surface area contributed by atoms with E-state index in [0.29, 0.717) is 17.4 Å². The molecule has 0 aliphatic carbocycles. The number of hydrogen-bond acceptors (Lipinski definition) is 8. The summed E-state index contributed by atoms with van der Waals surface area (Å²) in [6.45, 7) is 4.08. The number of phosphoric acid groups is 1. The molecule has 2 atom stereocenters. The summed E-state index contributed by atoms with van der Waals surface area (Å²) in [5.74, 6) is -0.868. The van der Waals surface area contributed by atoms with Crippen LogP contribution < -0.4 is 4.89 Å². The Morgan fingerprint density at radius 1 is 0.410 bits per heavy atom. The Morgan fingerprint density at radius 2 is 0.731 bits per heavy atom. The van der Waals surface area contributed by atoms with Gasteiger partial charge in [-0.05, 0) is 116 Å². The molecule has 0 radical (unpaired) electrons. The predicted octanol–water partition coefficient (Wildman–Crippen LogP) is 19.1. The minimum Gasteiger partial charge on any atom is -0.756 e. The average molecular weight is 1100 g/mol. The van der Waals surface area contributed by atoms with Gasteiger partial charge < -0.3 is 27.9 Å². The fraction of sp³-hybridized carbons (Fsp3) is 0.647. The van der Waals surface area contributed by atoms with Crippen molar-refractivity contribution in [2.45, 2.75) is 238 Å². The predicted molar refractivity (Wildman–Crippen MR) is 332 cm³/mol. The monoisotopic (exact) mass is 1100 g/mol. The van der Waals surface area contributed by atoms with E-state index in [1.807, 2.05) is 21.1 Å². The van der Waals surface area contributed by atoms with Crippen LogP contribution >= 0.6 is 7.82 Å². The third kappa shape index (κ3) is 61.4. The van der Waals surface area contributed by atoms with Crippen molar-refractivity contribution in [2.24, 2.45) is 0 Å². The molecule has 0 aromatic carbocycles.